The van der Waals surface area contributed by atoms with Crippen molar-refractivity contribution in [2.75, 3.05) is 13.7 Å². The van der Waals surface area contributed by atoms with Crippen LogP contribution in [0.1, 0.15) is 69.4 Å². The van der Waals surface area contributed by atoms with Crippen molar-refractivity contribution in [3.8, 4) is 5.75 Å². The monoisotopic (exact) mass is 469 g/mol. The molecule has 34 heavy (non-hydrogen) atoms. The number of carbonyl (C=O) groups excluding carboxylic acids is 2. The summed E-state index contributed by atoms with van der Waals surface area (Å²) in [5.41, 5.74) is 6.19. The van der Waals surface area contributed by atoms with Gasteiger partial charge in [-0.25, -0.2) is 0 Å². The number of hydrogen-bond acceptors (Lipinski definition) is 4. The van der Waals surface area contributed by atoms with E-state index in [1.807, 2.05) is 13.8 Å². The molecule has 1 amide bonds. The Kier molecular flexibility index (Phi) is 12.6. The molecule has 0 spiro atoms. The third kappa shape index (κ3) is 7.98. The van der Waals surface area contributed by atoms with E-state index in [2.05, 4.69) is 57.2 Å². The molecule has 2 aromatic rings. The number of benzene rings is 2. The Hall–Kier alpha value is -2.66. The van der Waals surface area contributed by atoms with Gasteiger partial charge in [-0.1, -0.05) is 70.5 Å². The van der Waals surface area contributed by atoms with E-state index in [1.54, 1.807) is 18.9 Å². The van der Waals surface area contributed by atoms with E-state index in [0.717, 1.165) is 36.1 Å². The fourth-order valence-corrected chi connectivity index (χ4v) is 3.89. The van der Waals surface area contributed by atoms with Crippen molar-refractivity contribution >= 4 is 11.7 Å². The van der Waals surface area contributed by atoms with Crippen molar-refractivity contribution in [1.82, 2.24) is 4.90 Å². The first-order valence-electron chi connectivity index (χ1n) is 12.4. The number of carbonyl (C=O) groups is 2. The number of ether oxygens (including phenoxy) is 1. The first-order chi connectivity index (χ1) is 16.2. The average Bonchev–Trinajstić information content (AvgIpc) is 2.88. The van der Waals surface area contributed by atoms with Gasteiger partial charge in [-0.2, -0.15) is 0 Å². The van der Waals surface area contributed by atoms with Crippen LogP contribution in [0.3, 0.4) is 0 Å². The van der Waals surface area contributed by atoms with Gasteiger partial charge < -0.3 is 14.7 Å². The van der Waals surface area contributed by atoms with E-state index >= 15 is 0 Å². The van der Waals surface area contributed by atoms with Gasteiger partial charge >= 0.3 is 0 Å². The van der Waals surface area contributed by atoms with Crippen molar-refractivity contribution in [1.29, 1.82) is 0 Å². The Morgan fingerprint density at radius 1 is 1.06 bits per heavy atom. The van der Waals surface area contributed by atoms with E-state index < -0.39 is 12.0 Å². The summed E-state index contributed by atoms with van der Waals surface area (Å²) in [7, 11) is 1.67. The molecule has 2 atom stereocenters. The van der Waals surface area contributed by atoms with E-state index in [9.17, 15) is 14.7 Å². The standard InChI is InChI=1S/C18H25NO4.C9H12.C2H6/c1-5-13-8-15-10-19(7-6-14(15)9-16(13)23-4)18(22)11(2)17(21)12(3)20;1-3-9-6-4-8(2)5-7-9;1-2/h8-9,11,17,21H,5-7,10H2,1-4H3;4-7H,3H2,1-2H3;1-2H3. The number of aryl methyl sites for hydroxylation is 3. The number of aliphatic hydroxyl groups excluding tert-OH is 1. The zero-order valence-corrected chi connectivity index (χ0v) is 22.3. The molecule has 3 rings (SSSR count). The molecular formula is C29H43NO4. The first-order valence-corrected chi connectivity index (χ1v) is 12.4. The Bertz CT molecular complexity index is 920. The number of Topliss-reactive ketones (excluding diaryl/α,β-unsaturated/α-hetero) is 1. The highest BCUT2D eigenvalue weighted by molar-refractivity contribution is 5.89. The van der Waals surface area contributed by atoms with E-state index in [-0.39, 0.29) is 11.7 Å². The van der Waals surface area contributed by atoms with Crippen LogP contribution in [-0.2, 0) is 35.4 Å². The van der Waals surface area contributed by atoms with Crippen molar-refractivity contribution in [2.24, 2.45) is 5.92 Å². The van der Waals surface area contributed by atoms with E-state index in [4.69, 9.17) is 4.74 Å². The van der Waals surface area contributed by atoms with Crippen LogP contribution in [0.15, 0.2) is 36.4 Å². The maximum atomic E-state index is 12.5. The molecule has 1 N–H and O–H groups in total. The maximum absolute atomic E-state index is 12.5. The fourth-order valence-electron chi connectivity index (χ4n) is 3.89. The minimum Gasteiger partial charge on any atom is -0.496 e. The molecule has 2 unspecified atom stereocenters. The highest BCUT2D eigenvalue weighted by Gasteiger charge is 2.31. The second-order valence-electron chi connectivity index (χ2n) is 8.48. The van der Waals surface area contributed by atoms with Gasteiger partial charge in [0.25, 0.3) is 0 Å². The quantitative estimate of drug-likeness (QED) is 0.622. The van der Waals surface area contributed by atoms with E-state index in [0.29, 0.717) is 13.1 Å². The molecule has 1 aliphatic heterocycles. The van der Waals surface area contributed by atoms with Gasteiger partial charge in [-0.15, -0.1) is 0 Å². The summed E-state index contributed by atoms with van der Waals surface area (Å²) in [5, 5.41) is 9.83. The minimum atomic E-state index is -1.23. The molecule has 188 valence electrons. The third-order valence-electron chi connectivity index (χ3n) is 6.12. The smallest absolute Gasteiger partial charge is 0.228 e. The normalized spacial score (nSPS) is 13.9. The molecule has 0 aliphatic carbocycles. The Morgan fingerprint density at radius 3 is 2.18 bits per heavy atom. The molecule has 5 nitrogen and oxygen atoms in total. The number of rotatable bonds is 6. The topological polar surface area (TPSA) is 66.8 Å². The van der Waals surface area contributed by atoms with Gasteiger partial charge in [0.2, 0.25) is 5.91 Å². The van der Waals surface area contributed by atoms with Crippen LogP contribution in [0.25, 0.3) is 0 Å². The molecule has 0 bridgehead atoms. The summed E-state index contributed by atoms with van der Waals surface area (Å²) in [5.74, 6) is -0.363. The summed E-state index contributed by atoms with van der Waals surface area (Å²) in [6.07, 6.45) is 1.53. The Labute approximate surface area is 206 Å². The fraction of sp³-hybridized carbons (Fsp3) is 0.517. The number of ketones is 1. The van der Waals surface area contributed by atoms with Crippen molar-refractivity contribution in [3.05, 3.63) is 64.2 Å². The summed E-state index contributed by atoms with van der Waals surface area (Å²) in [6.45, 7) is 14.4. The number of methoxy groups -OCH3 is 1. The summed E-state index contributed by atoms with van der Waals surface area (Å²) >= 11 is 0. The summed E-state index contributed by atoms with van der Waals surface area (Å²) in [6, 6.07) is 12.8. The van der Waals surface area contributed by atoms with Crippen molar-refractivity contribution < 1.29 is 19.4 Å². The molecule has 1 heterocycles. The highest BCUT2D eigenvalue weighted by Crippen LogP contribution is 2.29. The van der Waals surface area contributed by atoms with Gasteiger partial charge in [0, 0.05) is 13.1 Å². The second-order valence-corrected chi connectivity index (χ2v) is 8.48. The minimum absolute atomic E-state index is 0.174. The van der Waals surface area contributed by atoms with E-state index in [1.165, 1.54) is 23.6 Å². The summed E-state index contributed by atoms with van der Waals surface area (Å²) < 4.78 is 5.42. The number of aliphatic hydroxyl groups is 1. The number of amides is 1. The lowest BCUT2D eigenvalue weighted by Gasteiger charge is -2.32. The zero-order valence-electron chi connectivity index (χ0n) is 22.3. The molecular weight excluding hydrogens is 426 g/mol. The average molecular weight is 470 g/mol. The predicted octanol–water partition coefficient (Wildman–Crippen LogP) is 5.31. The van der Waals surface area contributed by atoms with Gasteiger partial charge in [0.05, 0.1) is 13.0 Å². The molecule has 2 aromatic carbocycles. The highest BCUT2D eigenvalue weighted by atomic mass is 16.5. The largest absolute Gasteiger partial charge is 0.496 e. The van der Waals surface area contributed by atoms with Crippen LogP contribution < -0.4 is 4.74 Å². The first kappa shape index (κ1) is 29.4. The Balaban J connectivity index is 0.000000437. The van der Waals surface area contributed by atoms with Crippen LogP contribution in [0, 0.1) is 12.8 Å². The molecule has 0 saturated heterocycles. The molecule has 5 heteroatoms. The zero-order chi connectivity index (χ0) is 25.8. The van der Waals surface area contributed by atoms with Crippen molar-refractivity contribution in [2.45, 2.75) is 80.4 Å². The van der Waals surface area contributed by atoms with Crippen LogP contribution in [-0.4, -0.2) is 41.5 Å². The lowest BCUT2D eigenvalue weighted by Crippen LogP contribution is -2.44. The lowest BCUT2D eigenvalue weighted by molar-refractivity contribution is -0.144. The molecule has 0 fully saturated rings. The Morgan fingerprint density at radius 2 is 1.68 bits per heavy atom. The summed E-state index contributed by atoms with van der Waals surface area (Å²) in [4.78, 5) is 25.5. The van der Waals surface area contributed by atoms with Crippen LogP contribution in [0.5, 0.6) is 5.75 Å². The molecule has 0 saturated carbocycles. The number of fused-ring (bicyclic) bond motifs is 1. The molecule has 1 aliphatic rings. The molecule has 0 radical (unpaired) electrons. The predicted molar refractivity (Wildman–Crippen MR) is 139 cm³/mol. The second kappa shape index (κ2) is 14.6. The van der Waals surface area contributed by atoms with Crippen LogP contribution in [0.4, 0.5) is 0 Å². The van der Waals surface area contributed by atoms with Crippen LogP contribution in [0.2, 0.25) is 0 Å². The number of hydrogen-bond donors (Lipinski definition) is 1. The maximum Gasteiger partial charge on any atom is 0.228 e. The van der Waals surface area contributed by atoms with Gasteiger partial charge in [0.1, 0.15) is 11.9 Å². The number of nitrogens with zero attached hydrogens (tertiary/aromatic N) is 1. The molecule has 0 aromatic heterocycles. The van der Waals surface area contributed by atoms with Crippen molar-refractivity contribution in [3.63, 3.8) is 0 Å². The van der Waals surface area contributed by atoms with Gasteiger partial charge in [0.15, 0.2) is 5.78 Å². The third-order valence-corrected chi connectivity index (χ3v) is 6.12. The van der Waals surface area contributed by atoms with Gasteiger partial charge in [-0.3, -0.25) is 9.59 Å². The van der Waals surface area contributed by atoms with Gasteiger partial charge in [-0.05, 0) is 61.4 Å². The van der Waals surface area contributed by atoms with Crippen LogP contribution >= 0.6 is 0 Å². The lowest BCUT2D eigenvalue weighted by atomic mass is 9.93. The SMILES string of the molecule is CC.CCc1cc2c(cc1OC)CCN(C(=O)C(C)C(O)C(C)=O)C2.CCc1ccc(C)cc1.